The van der Waals surface area contributed by atoms with Gasteiger partial charge in [0.2, 0.25) is 0 Å². The number of fused-ring (bicyclic) bond motifs is 1. The SMILES string of the molecule is O=C(Nc1nc2c(s1)CCCC2)c1cc(O)cc(O)c1. The first-order valence-electron chi connectivity index (χ1n) is 6.45. The van der Waals surface area contributed by atoms with Crippen molar-refractivity contribution in [1.82, 2.24) is 4.98 Å². The van der Waals surface area contributed by atoms with E-state index in [1.807, 2.05) is 0 Å². The minimum atomic E-state index is -0.387. The maximum atomic E-state index is 12.1. The largest absolute Gasteiger partial charge is 0.508 e. The third kappa shape index (κ3) is 2.60. The second-order valence-electron chi connectivity index (χ2n) is 4.79. The van der Waals surface area contributed by atoms with E-state index in [2.05, 4.69) is 10.3 Å². The first-order valence-corrected chi connectivity index (χ1v) is 7.26. The predicted molar refractivity (Wildman–Crippen MR) is 76.5 cm³/mol. The number of rotatable bonds is 2. The molecule has 3 N–H and O–H groups in total. The minimum absolute atomic E-state index is 0.145. The van der Waals surface area contributed by atoms with Crippen LogP contribution in [0.2, 0.25) is 0 Å². The molecule has 0 fully saturated rings. The summed E-state index contributed by atoms with van der Waals surface area (Å²) in [5.41, 5.74) is 1.28. The molecule has 0 saturated carbocycles. The van der Waals surface area contributed by atoms with Crippen LogP contribution in [0.1, 0.15) is 33.8 Å². The van der Waals surface area contributed by atoms with Crippen LogP contribution in [0.25, 0.3) is 0 Å². The minimum Gasteiger partial charge on any atom is -0.508 e. The van der Waals surface area contributed by atoms with Gasteiger partial charge in [-0.15, -0.1) is 11.3 Å². The number of anilines is 1. The zero-order valence-electron chi connectivity index (χ0n) is 10.7. The highest BCUT2D eigenvalue weighted by molar-refractivity contribution is 7.15. The maximum absolute atomic E-state index is 12.1. The number of aromatic hydroxyl groups is 2. The molecule has 1 heterocycles. The number of phenolic OH excluding ortho intramolecular Hbond substituents is 2. The van der Waals surface area contributed by atoms with Gasteiger partial charge in [-0.25, -0.2) is 4.98 Å². The fraction of sp³-hybridized carbons (Fsp3) is 0.286. The maximum Gasteiger partial charge on any atom is 0.257 e. The number of benzene rings is 1. The average molecular weight is 290 g/mol. The van der Waals surface area contributed by atoms with E-state index in [-0.39, 0.29) is 23.0 Å². The Hall–Kier alpha value is -2.08. The summed E-state index contributed by atoms with van der Waals surface area (Å²) in [6.07, 6.45) is 4.30. The lowest BCUT2D eigenvalue weighted by Gasteiger charge is -2.06. The van der Waals surface area contributed by atoms with Crippen molar-refractivity contribution in [3.05, 3.63) is 34.3 Å². The summed E-state index contributed by atoms with van der Waals surface area (Å²) in [5.74, 6) is -0.676. The predicted octanol–water partition coefficient (Wildman–Crippen LogP) is 2.69. The van der Waals surface area contributed by atoms with Crippen LogP contribution in [0.15, 0.2) is 18.2 Å². The average Bonchev–Trinajstić information content (AvgIpc) is 2.79. The van der Waals surface area contributed by atoms with Crippen LogP contribution in [-0.4, -0.2) is 21.1 Å². The molecule has 0 saturated heterocycles. The highest BCUT2D eigenvalue weighted by atomic mass is 32.1. The van der Waals surface area contributed by atoms with Crippen LogP contribution in [0.4, 0.5) is 5.13 Å². The van der Waals surface area contributed by atoms with Crippen LogP contribution in [0.5, 0.6) is 11.5 Å². The van der Waals surface area contributed by atoms with Crippen LogP contribution < -0.4 is 5.32 Å². The van der Waals surface area contributed by atoms with E-state index in [1.165, 1.54) is 40.8 Å². The van der Waals surface area contributed by atoms with Gasteiger partial charge in [0.15, 0.2) is 5.13 Å². The molecule has 0 aliphatic heterocycles. The van der Waals surface area contributed by atoms with E-state index < -0.39 is 0 Å². The highest BCUT2D eigenvalue weighted by Crippen LogP contribution is 2.30. The summed E-state index contributed by atoms with van der Waals surface area (Å²) in [4.78, 5) is 17.7. The van der Waals surface area contributed by atoms with Crippen molar-refractivity contribution in [1.29, 1.82) is 0 Å². The van der Waals surface area contributed by atoms with Gasteiger partial charge in [0.05, 0.1) is 5.69 Å². The van der Waals surface area contributed by atoms with Gasteiger partial charge in [-0.1, -0.05) is 0 Å². The third-order valence-corrected chi connectivity index (χ3v) is 4.30. The lowest BCUT2D eigenvalue weighted by Crippen LogP contribution is -2.11. The Morgan fingerprint density at radius 2 is 1.85 bits per heavy atom. The van der Waals surface area contributed by atoms with E-state index >= 15 is 0 Å². The first-order chi connectivity index (χ1) is 9.61. The van der Waals surface area contributed by atoms with Gasteiger partial charge in [-0.2, -0.15) is 0 Å². The number of carbonyl (C=O) groups is 1. The van der Waals surface area contributed by atoms with E-state index in [9.17, 15) is 15.0 Å². The second-order valence-corrected chi connectivity index (χ2v) is 5.87. The molecule has 0 atom stereocenters. The van der Waals surface area contributed by atoms with Gasteiger partial charge in [-0.05, 0) is 37.8 Å². The van der Waals surface area contributed by atoms with Crippen molar-refractivity contribution < 1.29 is 15.0 Å². The summed E-state index contributed by atoms with van der Waals surface area (Å²) in [6.45, 7) is 0. The van der Waals surface area contributed by atoms with Crippen LogP contribution in [0.3, 0.4) is 0 Å². The molecule has 1 aliphatic rings. The Kier molecular flexibility index (Phi) is 3.31. The Bertz CT molecular complexity index is 623. The lowest BCUT2D eigenvalue weighted by molar-refractivity contribution is 0.102. The molecule has 20 heavy (non-hydrogen) atoms. The van der Waals surface area contributed by atoms with Crippen molar-refractivity contribution in [3.8, 4) is 11.5 Å². The smallest absolute Gasteiger partial charge is 0.257 e. The third-order valence-electron chi connectivity index (χ3n) is 3.23. The molecule has 1 aromatic carbocycles. The first kappa shape index (κ1) is 12.9. The zero-order valence-corrected chi connectivity index (χ0v) is 11.5. The molecule has 104 valence electrons. The second kappa shape index (κ2) is 5.13. The lowest BCUT2D eigenvalue weighted by atomic mass is 10.0. The van der Waals surface area contributed by atoms with Crippen molar-refractivity contribution >= 4 is 22.4 Å². The Balaban J connectivity index is 1.80. The number of nitrogens with one attached hydrogen (secondary N) is 1. The molecular weight excluding hydrogens is 276 g/mol. The molecule has 2 aromatic rings. The van der Waals surface area contributed by atoms with Crippen molar-refractivity contribution in [3.63, 3.8) is 0 Å². The van der Waals surface area contributed by atoms with Crippen molar-refractivity contribution in [2.75, 3.05) is 5.32 Å². The van der Waals surface area contributed by atoms with Gasteiger partial charge in [0.1, 0.15) is 11.5 Å². The molecule has 1 aromatic heterocycles. The van der Waals surface area contributed by atoms with E-state index in [4.69, 9.17) is 0 Å². The Labute approximate surface area is 119 Å². The number of aryl methyl sites for hydroxylation is 2. The molecule has 0 bridgehead atoms. The van der Waals surface area contributed by atoms with Gasteiger partial charge in [-0.3, -0.25) is 10.1 Å². The quantitative estimate of drug-likeness (QED) is 0.794. The van der Waals surface area contributed by atoms with Crippen molar-refractivity contribution in [2.45, 2.75) is 25.7 Å². The number of thiazole rings is 1. The zero-order chi connectivity index (χ0) is 14.1. The fourth-order valence-electron chi connectivity index (χ4n) is 2.30. The Morgan fingerprint density at radius 3 is 2.55 bits per heavy atom. The highest BCUT2D eigenvalue weighted by Gasteiger charge is 2.17. The van der Waals surface area contributed by atoms with E-state index in [0.717, 1.165) is 25.0 Å². The Morgan fingerprint density at radius 1 is 1.15 bits per heavy atom. The molecule has 0 radical (unpaired) electrons. The van der Waals surface area contributed by atoms with Gasteiger partial charge < -0.3 is 10.2 Å². The van der Waals surface area contributed by atoms with E-state index in [1.54, 1.807) is 0 Å². The number of aromatic nitrogens is 1. The van der Waals surface area contributed by atoms with Crippen molar-refractivity contribution in [2.24, 2.45) is 0 Å². The molecule has 3 rings (SSSR count). The summed E-state index contributed by atoms with van der Waals surface area (Å²) < 4.78 is 0. The normalized spacial score (nSPS) is 13.8. The van der Waals surface area contributed by atoms with Crippen LogP contribution in [0, 0.1) is 0 Å². The van der Waals surface area contributed by atoms with Gasteiger partial charge >= 0.3 is 0 Å². The number of carbonyl (C=O) groups excluding carboxylic acids is 1. The summed E-state index contributed by atoms with van der Waals surface area (Å²) in [5, 5.41) is 22.1. The number of nitrogens with zero attached hydrogens (tertiary/aromatic N) is 1. The molecule has 5 nitrogen and oxygen atoms in total. The number of hydrogen-bond donors (Lipinski definition) is 3. The molecule has 1 aliphatic carbocycles. The number of amides is 1. The van der Waals surface area contributed by atoms with Crippen LogP contribution >= 0.6 is 11.3 Å². The summed E-state index contributed by atoms with van der Waals surface area (Å²) in [6, 6.07) is 3.80. The standard InChI is InChI=1S/C14H14N2O3S/c17-9-5-8(6-10(18)7-9)13(19)16-14-15-11-3-1-2-4-12(11)20-14/h5-7,17-18H,1-4H2,(H,15,16,19). The summed E-state index contributed by atoms with van der Waals surface area (Å²) >= 11 is 1.50. The molecule has 0 unspecified atom stereocenters. The summed E-state index contributed by atoms with van der Waals surface area (Å²) in [7, 11) is 0. The molecule has 1 amide bonds. The van der Waals surface area contributed by atoms with Gasteiger partial charge in [0, 0.05) is 16.5 Å². The molecule has 0 spiro atoms. The monoisotopic (exact) mass is 290 g/mol. The molecular formula is C14H14N2O3S. The number of hydrogen-bond acceptors (Lipinski definition) is 5. The van der Waals surface area contributed by atoms with Crippen LogP contribution in [-0.2, 0) is 12.8 Å². The number of phenols is 2. The fourth-order valence-corrected chi connectivity index (χ4v) is 3.35. The van der Waals surface area contributed by atoms with E-state index in [0.29, 0.717) is 5.13 Å². The topological polar surface area (TPSA) is 82.5 Å². The molecule has 6 heteroatoms. The van der Waals surface area contributed by atoms with Gasteiger partial charge in [0.25, 0.3) is 5.91 Å².